The molecule has 0 radical (unpaired) electrons. The second-order valence-corrected chi connectivity index (χ2v) is 5.08. The molecule has 1 aromatic rings. The Labute approximate surface area is 109 Å². The van der Waals surface area contributed by atoms with Crippen LogP contribution in [0.1, 0.15) is 49.0 Å². The minimum atomic E-state index is -0.419. The van der Waals surface area contributed by atoms with Crippen LogP contribution in [0.15, 0.2) is 18.2 Å². The molecule has 1 rings (SSSR count). The number of amides is 1. The summed E-state index contributed by atoms with van der Waals surface area (Å²) in [6, 6.07) is 4.88. The molecule has 0 bridgehead atoms. The third kappa shape index (κ3) is 4.47. The summed E-state index contributed by atoms with van der Waals surface area (Å²) >= 11 is 0. The van der Waals surface area contributed by atoms with Gasteiger partial charge < -0.3 is 5.32 Å². The van der Waals surface area contributed by atoms with Crippen LogP contribution >= 0.6 is 0 Å². The number of hydrogen-bond donors (Lipinski definition) is 1. The van der Waals surface area contributed by atoms with E-state index in [9.17, 15) is 9.18 Å². The molecule has 0 saturated carbocycles. The monoisotopic (exact) mass is 251 g/mol. The summed E-state index contributed by atoms with van der Waals surface area (Å²) in [5.41, 5.74) is 0.640. The van der Waals surface area contributed by atoms with Gasteiger partial charge in [-0.15, -0.1) is 0 Å². The van der Waals surface area contributed by atoms with Gasteiger partial charge in [0.25, 0.3) is 5.91 Å². The van der Waals surface area contributed by atoms with Gasteiger partial charge >= 0.3 is 0 Å². The van der Waals surface area contributed by atoms with Crippen molar-refractivity contribution in [2.24, 2.45) is 5.92 Å². The summed E-state index contributed by atoms with van der Waals surface area (Å²) in [5.74, 6) is -0.0483. The lowest BCUT2D eigenvalue weighted by Crippen LogP contribution is -2.25. The average Bonchev–Trinajstić information content (AvgIpc) is 2.31. The van der Waals surface area contributed by atoms with Crippen molar-refractivity contribution in [1.29, 1.82) is 0 Å². The third-order valence-corrected chi connectivity index (χ3v) is 2.93. The van der Waals surface area contributed by atoms with Gasteiger partial charge in [0.2, 0.25) is 0 Å². The molecule has 0 atom stereocenters. The Kier molecular flexibility index (Phi) is 5.83. The second-order valence-electron chi connectivity index (χ2n) is 5.08. The molecule has 0 aliphatic rings. The average molecular weight is 251 g/mol. The van der Waals surface area contributed by atoms with Crippen molar-refractivity contribution in [3.05, 3.63) is 35.1 Å². The number of nitrogens with one attached hydrogen (secondary N) is 1. The highest BCUT2D eigenvalue weighted by molar-refractivity contribution is 5.94. The first-order valence-corrected chi connectivity index (χ1v) is 6.55. The maximum absolute atomic E-state index is 13.7. The van der Waals surface area contributed by atoms with Gasteiger partial charge in [-0.1, -0.05) is 38.8 Å². The molecule has 0 aliphatic carbocycles. The molecule has 3 heteroatoms. The molecule has 1 aromatic carbocycles. The zero-order chi connectivity index (χ0) is 13.5. The van der Waals surface area contributed by atoms with Gasteiger partial charge in [-0.05, 0) is 30.9 Å². The highest BCUT2D eigenvalue weighted by atomic mass is 19.1. The van der Waals surface area contributed by atoms with E-state index in [1.165, 1.54) is 6.07 Å². The summed E-state index contributed by atoms with van der Waals surface area (Å²) in [5, 5.41) is 2.76. The molecule has 1 amide bonds. The van der Waals surface area contributed by atoms with Gasteiger partial charge in [-0.3, -0.25) is 4.79 Å². The van der Waals surface area contributed by atoms with Crippen LogP contribution in [0.3, 0.4) is 0 Å². The van der Waals surface area contributed by atoms with Crippen molar-refractivity contribution >= 4 is 5.91 Å². The Morgan fingerprint density at radius 2 is 2.06 bits per heavy atom. The Morgan fingerprint density at radius 1 is 1.33 bits per heavy atom. The Balaban J connectivity index is 2.39. The van der Waals surface area contributed by atoms with Crippen molar-refractivity contribution in [3.63, 3.8) is 0 Å². The SMILES string of the molecule is Cc1cccc(C(=O)NCCCCC(C)C)c1F. The molecular formula is C15H22FNO. The van der Waals surface area contributed by atoms with Crippen LogP contribution in [0.2, 0.25) is 0 Å². The number of halogens is 1. The highest BCUT2D eigenvalue weighted by Crippen LogP contribution is 2.11. The Hall–Kier alpha value is -1.38. The van der Waals surface area contributed by atoms with Gasteiger partial charge in [0.15, 0.2) is 0 Å². The van der Waals surface area contributed by atoms with Crippen LogP contribution in [0.25, 0.3) is 0 Å². The van der Waals surface area contributed by atoms with Crippen molar-refractivity contribution in [2.75, 3.05) is 6.54 Å². The fourth-order valence-electron chi connectivity index (χ4n) is 1.80. The molecule has 0 fully saturated rings. The lowest BCUT2D eigenvalue weighted by atomic mass is 10.1. The molecule has 0 heterocycles. The van der Waals surface area contributed by atoms with Crippen LogP contribution in [0, 0.1) is 18.7 Å². The van der Waals surface area contributed by atoms with Crippen LogP contribution in [-0.4, -0.2) is 12.5 Å². The number of unbranched alkanes of at least 4 members (excludes halogenated alkanes) is 1. The predicted octanol–water partition coefficient (Wildman–Crippen LogP) is 3.69. The maximum atomic E-state index is 13.7. The van der Waals surface area contributed by atoms with Crippen molar-refractivity contribution in [3.8, 4) is 0 Å². The van der Waals surface area contributed by atoms with E-state index < -0.39 is 5.82 Å². The Bertz CT molecular complexity index is 401. The quantitative estimate of drug-likeness (QED) is 0.768. The van der Waals surface area contributed by atoms with Crippen LogP contribution in [0.4, 0.5) is 4.39 Å². The largest absolute Gasteiger partial charge is 0.352 e. The van der Waals surface area contributed by atoms with E-state index in [1.54, 1.807) is 19.1 Å². The van der Waals surface area contributed by atoms with E-state index in [2.05, 4.69) is 19.2 Å². The van der Waals surface area contributed by atoms with Crippen molar-refractivity contribution in [1.82, 2.24) is 5.32 Å². The van der Waals surface area contributed by atoms with Gasteiger partial charge in [0.1, 0.15) is 5.82 Å². The highest BCUT2D eigenvalue weighted by Gasteiger charge is 2.12. The molecule has 0 saturated heterocycles. The zero-order valence-electron chi connectivity index (χ0n) is 11.4. The van der Waals surface area contributed by atoms with Crippen LogP contribution in [-0.2, 0) is 0 Å². The second kappa shape index (κ2) is 7.14. The molecule has 0 spiro atoms. The van der Waals surface area contributed by atoms with Gasteiger partial charge in [-0.2, -0.15) is 0 Å². The topological polar surface area (TPSA) is 29.1 Å². The van der Waals surface area contributed by atoms with E-state index >= 15 is 0 Å². The van der Waals surface area contributed by atoms with E-state index in [1.807, 2.05) is 0 Å². The van der Waals surface area contributed by atoms with Gasteiger partial charge in [0, 0.05) is 6.54 Å². The maximum Gasteiger partial charge on any atom is 0.254 e. The molecule has 18 heavy (non-hydrogen) atoms. The number of aryl methyl sites for hydroxylation is 1. The number of carbonyl (C=O) groups excluding carboxylic acids is 1. The molecule has 2 nitrogen and oxygen atoms in total. The summed E-state index contributed by atoms with van der Waals surface area (Å²) in [6.07, 6.45) is 3.19. The zero-order valence-corrected chi connectivity index (χ0v) is 11.4. The summed E-state index contributed by atoms with van der Waals surface area (Å²) < 4.78 is 13.7. The predicted molar refractivity (Wildman–Crippen MR) is 72.2 cm³/mol. The van der Waals surface area contributed by atoms with E-state index in [0.717, 1.165) is 19.3 Å². The molecule has 100 valence electrons. The lowest BCUT2D eigenvalue weighted by Gasteiger charge is -2.08. The number of carbonyl (C=O) groups is 1. The van der Waals surface area contributed by atoms with Crippen molar-refractivity contribution < 1.29 is 9.18 Å². The van der Waals surface area contributed by atoms with E-state index in [-0.39, 0.29) is 11.5 Å². The molecule has 1 N–H and O–H groups in total. The minimum Gasteiger partial charge on any atom is -0.352 e. The molecule has 0 aromatic heterocycles. The molecular weight excluding hydrogens is 229 g/mol. The third-order valence-electron chi connectivity index (χ3n) is 2.93. The van der Waals surface area contributed by atoms with Crippen LogP contribution in [0.5, 0.6) is 0 Å². The lowest BCUT2D eigenvalue weighted by molar-refractivity contribution is 0.0948. The first kappa shape index (κ1) is 14.7. The molecule has 0 aliphatic heterocycles. The van der Waals surface area contributed by atoms with Crippen LogP contribution < -0.4 is 5.32 Å². The van der Waals surface area contributed by atoms with Gasteiger partial charge in [-0.25, -0.2) is 4.39 Å². The first-order valence-electron chi connectivity index (χ1n) is 6.55. The standard InChI is InChI=1S/C15H22FNO/c1-11(2)7-4-5-10-17-15(18)13-9-6-8-12(3)14(13)16/h6,8-9,11H,4-5,7,10H2,1-3H3,(H,17,18). The van der Waals surface area contributed by atoms with Gasteiger partial charge in [0.05, 0.1) is 5.56 Å². The number of hydrogen-bond acceptors (Lipinski definition) is 1. The molecule has 0 unspecified atom stereocenters. The normalized spacial score (nSPS) is 10.7. The van der Waals surface area contributed by atoms with E-state index in [0.29, 0.717) is 18.0 Å². The first-order chi connectivity index (χ1) is 8.52. The fourth-order valence-corrected chi connectivity index (χ4v) is 1.80. The summed E-state index contributed by atoms with van der Waals surface area (Å²) in [7, 11) is 0. The van der Waals surface area contributed by atoms with Crippen molar-refractivity contribution in [2.45, 2.75) is 40.0 Å². The summed E-state index contributed by atoms with van der Waals surface area (Å²) in [4.78, 5) is 11.8. The number of benzene rings is 1. The Morgan fingerprint density at radius 3 is 2.72 bits per heavy atom. The van der Waals surface area contributed by atoms with E-state index in [4.69, 9.17) is 0 Å². The summed E-state index contributed by atoms with van der Waals surface area (Å²) in [6.45, 7) is 6.63. The number of rotatable bonds is 6. The minimum absolute atomic E-state index is 0.138. The smallest absolute Gasteiger partial charge is 0.254 e. The fraction of sp³-hybridized carbons (Fsp3) is 0.533.